The first-order valence-electron chi connectivity index (χ1n) is 5.48. The summed E-state index contributed by atoms with van der Waals surface area (Å²) in [5.41, 5.74) is 1.87. The zero-order valence-corrected chi connectivity index (χ0v) is 8.90. The molecule has 2 heteroatoms. The molecule has 0 atom stereocenters. The third-order valence-corrected chi connectivity index (χ3v) is 3.03. The van der Waals surface area contributed by atoms with E-state index in [0.29, 0.717) is 19.6 Å². The van der Waals surface area contributed by atoms with Crippen LogP contribution in [0.15, 0.2) is 36.4 Å². The van der Waals surface area contributed by atoms with Gasteiger partial charge in [-0.25, -0.2) is 0 Å². The molecule has 16 heavy (non-hydrogen) atoms. The van der Waals surface area contributed by atoms with Crippen molar-refractivity contribution in [2.45, 2.75) is 13.0 Å². The summed E-state index contributed by atoms with van der Waals surface area (Å²) >= 11 is 0. The Morgan fingerprint density at radius 3 is 2.88 bits per heavy atom. The molecule has 0 bridgehead atoms. The minimum atomic E-state index is 0.198. The summed E-state index contributed by atoms with van der Waals surface area (Å²) < 4.78 is 5.42. The summed E-state index contributed by atoms with van der Waals surface area (Å²) in [4.78, 5) is 12.0. The van der Waals surface area contributed by atoms with Crippen molar-refractivity contribution in [2.24, 2.45) is 0 Å². The van der Waals surface area contributed by atoms with Crippen molar-refractivity contribution < 1.29 is 9.53 Å². The summed E-state index contributed by atoms with van der Waals surface area (Å²) in [5, 5.41) is 2.17. The Balaban J connectivity index is 2.35. The van der Waals surface area contributed by atoms with Crippen LogP contribution in [-0.4, -0.2) is 12.4 Å². The summed E-state index contributed by atoms with van der Waals surface area (Å²) in [6, 6.07) is 12.1. The Labute approximate surface area is 93.8 Å². The fraction of sp³-hybridized carbons (Fsp3) is 0.214. The van der Waals surface area contributed by atoms with Gasteiger partial charge in [-0.15, -0.1) is 0 Å². The van der Waals surface area contributed by atoms with E-state index in [1.807, 2.05) is 30.3 Å². The topological polar surface area (TPSA) is 26.3 Å². The Morgan fingerprint density at radius 1 is 1.06 bits per heavy atom. The molecule has 0 N–H and O–H groups in total. The van der Waals surface area contributed by atoms with Crippen LogP contribution in [-0.2, 0) is 11.3 Å². The van der Waals surface area contributed by atoms with E-state index in [2.05, 4.69) is 6.07 Å². The van der Waals surface area contributed by atoms with E-state index in [1.54, 1.807) is 0 Å². The monoisotopic (exact) mass is 212 g/mol. The molecule has 3 rings (SSSR count). The SMILES string of the molecule is O=C1CCOCc2ccc3ccccc3c21. The molecule has 2 aromatic rings. The summed E-state index contributed by atoms with van der Waals surface area (Å²) in [6.07, 6.45) is 0.487. The lowest BCUT2D eigenvalue weighted by molar-refractivity contribution is 0.0899. The van der Waals surface area contributed by atoms with Gasteiger partial charge in [-0.3, -0.25) is 4.79 Å². The third kappa shape index (κ3) is 1.42. The van der Waals surface area contributed by atoms with Crippen LogP contribution in [0.4, 0.5) is 0 Å². The summed E-state index contributed by atoms with van der Waals surface area (Å²) in [5.74, 6) is 0.198. The van der Waals surface area contributed by atoms with Gasteiger partial charge in [0, 0.05) is 12.0 Å². The predicted octanol–water partition coefficient (Wildman–Crippen LogP) is 2.94. The number of carbonyl (C=O) groups is 1. The average Bonchev–Trinajstić information content (AvgIpc) is 2.51. The smallest absolute Gasteiger partial charge is 0.166 e. The Kier molecular flexibility index (Phi) is 2.22. The number of hydrogen-bond donors (Lipinski definition) is 0. The largest absolute Gasteiger partial charge is 0.376 e. The van der Waals surface area contributed by atoms with Crippen LogP contribution in [0.1, 0.15) is 22.3 Å². The number of rotatable bonds is 0. The van der Waals surface area contributed by atoms with Crippen molar-refractivity contribution in [3.05, 3.63) is 47.5 Å². The van der Waals surface area contributed by atoms with Crippen molar-refractivity contribution >= 4 is 16.6 Å². The molecule has 1 aliphatic rings. The number of ether oxygens (including phenoxy) is 1. The number of carbonyl (C=O) groups excluding carboxylic acids is 1. The Hall–Kier alpha value is -1.67. The fourth-order valence-electron chi connectivity index (χ4n) is 2.24. The highest BCUT2D eigenvalue weighted by molar-refractivity contribution is 6.09. The fourth-order valence-corrected chi connectivity index (χ4v) is 2.24. The quantitative estimate of drug-likeness (QED) is 0.671. The maximum atomic E-state index is 12.0. The number of ketones is 1. The van der Waals surface area contributed by atoms with Gasteiger partial charge in [0.15, 0.2) is 5.78 Å². The number of hydrogen-bond acceptors (Lipinski definition) is 2. The highest BCUT2D eigenvalue weighted by atomic mass is 16.5. The number of fused-ring (bicyclic) bond motifs is 3. The predicted molar refractivity (Wildman–Crippen MR) is 62.6 cm³/mol. The molecule has 1 heterocycles. The summed E-state index contributed by atoms with van der Waals surface area (Å²) in [7, 11) is 0. The van der Waals surface area contributed by atoms with Crippen LogP contribution >= 0.6 is 0 Å². The zero-order valence-electron chi connectivity index (χ0n) is 8.90. The van der Waals surface area contributed by atoms with Gasteiger partial charge >= 0.3 is 0 Å². The van der Waals surface area contributed by atoms with Gasteiger partial charge in [0.2, 0.25) is 0 Å². The maximum Gasteiger partial charge on any atom is 0.166 e. The van der Waals surface area contributed by atoms with Crippen molar-refractivity contribution in [3.63, 3.8) is 0 Å². The van der Waals surface area contributed by atoms with Crippen molar-refractivity contribution in [3.8, 4) is 0 Å². The van der Waals surface area contributed by atoms with Crippen molar-refractivity contribution in [1.82, 2.24) is 0 Å². The molecular weight excluding hydrogens is 200 g/mol. The Morgan fingerprint density at radius 2 is 1.94 bits per heavy atom. The lowest BCUT2D eigenvalue weighted by Crippen LogP contribution is -2.02. The second kappa shape index (κ2) is 3.72. The lowest BCUT2D eigenvalue weighted by atomic mass is 9.96. The summed E-state index contributed by atoms with van der Waals surface area (Å²) in [6.45, 7) is 1.08. The van der Waals surface area contributed by atoms with Gasteiger partial charge in [0.05, 0.1) is 13.2 Å². The first-order valence-corrected chi connectivity index (χ1v) is 5.48. The van der Waals surface area contributed by atoms with Crippen LogP contribution in [0.2, 0.25) is 0 Å². The normalized spacial score (nSPS) is 15.9. The van der Waals surface area contributed by atoms with E-state index < -0.39 is 0 Å². The van der Waals surface area contributed by atoms with Gasteiger partial charge in [0.1, 0.15) is 0 Å². The van der Waals surface area contributed by atoms with Gasteiger partial charge < -0.3 is 4.74 Å². The molecule has 0 saturated carbocycles. The molecule has 2 nitrogen and oxygen atoms in total. The standard InChI is InChI=1S/C14H12O2/c15-13-7-8-16-9-11-6-5-10-3-1-2-4-12(10)14(11)13/h1-6H,7-9H2. The van der Waals surface area contributed by atoms with Gasteiger partial charge in [-0.05, 0) is 16.3 Å². The molecule has 80 valence electrons. The minimum absolute atomic E-state index is 0.198. The van der Waals surface area contributed by atoms with E-state index in [0.717, 1.165) is 21.9 Å². The van der Waals surface area contributed by atoms with Crippen molar-refractivity contribution in [2.75, 3.05) is 6.61 Å². The third-order valence-electron chi connectivity index (χ3n) is 3.03. The molecule has 0 spiro atoms. The number of Topliss-reactive ketones (excluding diaryl/α,β-unsaturated/α-hetero) is 1. The highest BCUT2D eigenvalue weighted by Gasteiger charge is 2.18. The molecule has 0 amide bonds. The van der Waals surface area contributed by atoms with Crippen molar-refractivity contribution in [1.29, 1.82) is 0 Å². The van der Waals surface area contributed by atoms with Gasteiger partial charge in [-0.1, -0.05) is 36.4 Å². The van der Waals surface area contributed by atoms with Gasteiger partial charge in [-0.2, -0.15) is 0 Å². The molecule has 0 aromatic heterocycles. The van der Waals surface area contributed by atoms with E-state index in [1.165, 1.54) is 0 Å². The molecular formula is C14H12O2. The van der Waals surface area contributed by atoms with E-state index in [9.17, 15) is 4.79 Å². The van der Waals surface area contributed by atoms with E-state index in [-0.39, 0.29) is 5.78 Å². The van der Waals surface area contributed by atoms with Crippen LogP contribution in [0, 0.1) is 0 Å². The average molecular weight is 212 g/mol. The van der Waals surface area contributed by atoms with Gasteiger partial charge in [0.25, 0.3) is 0 Å². The molecule has 0 radical (unpaired) electrons. The molecule has 0 saturated heterocycles. The van der Waals surface area contributed by atoms with Crippen LogP contribution < -0.4 is 0 Å². The highest BCUT2D eigenvalue weighted by Crippen LogP contribution is 2.26. The second-order valence-corrected chi connectivity index (χ2v) is 4.05. The molecule has 0 unspecified atom stereocenters. The van der Waals surface area contributed by atoms with Crippen LogP contribution in [0.5, 0.6) is 0 Å². The molecule has 0 fully saturated rings. The minimum Gasteiger partial charge on any atom is -0.376 e. The lowest BCUT2D eigenvalue weighted by Gasteiger charge is -2.08. The first-order chi connectivity index (χ1) is 7.86. The maximum absolute atomic E-state index is 12.0. The Bertz CT molecular complexity index is 558. The molecule has 2 aromatic carbocycles. The van der Waals surface area contributed by atoms with E-state index in [4.69, 9.17) is 4.74 Å². The van der Waals surface area contributed by atoms with Crippen LogP contribution in [0.25, 0.3) is 10.8 Å². The zero-order chi connectivity index (χ0) is 11.0. The second-order valence-electron chi connectivity index (χ2n) is 4.05. The van der Waals surface area contributed by atoms with Crippen LogP contribution in [0.3, 0.4) is 0 Å². The number of benzene rings is 2. The molecule has 0 aliphatic carbocycles. The first kappa shape index (κ1) is 9.55. The van der Waals surface area contributed by atoms with E-state index >= 15 is 0 Å². The molecule has 1 aliphatic heterocycles.